The number of hydrogen-bond acceptors (Lipinski definition) is 6. The summed E-state index contributed by atoms with van der Waals surface area (Å²) in [5, 5.41) is 2.67. The first-order valence-corrected chi connectivity index (χ1v) is 12.4. The fraction of sp³-hybridized carbons (Fsp3) is 0.286. The molecule has 2 aromatic carbocycles. The van der Waals surface area contributed by atoms with Crippen LogP contribution in [-0.2, 0) is 14.9 Å². The fourth-order valence-electron chi connectivity index (χ4n) is 3.16. The maximum absolute atomic E-state index is 15.2. The quantitative estimate of drug-likeness (QED) is 0.212. The minimum Gasteiger partial charge on any atom is -0.352 e. The number of carbonyl (C=O) groups is 1. The normalized spacial score (nSPS) is 15.3. The third-order valence-electron chi connectivity index (χ3n) is 4.98. The zero-order chi connectivity index (χ0) is 24.2. The largest absolute Gasteiger partial charge is 0.352 e. The van der Waals surface area contributed by atoms with Crippen molar-refractivity contribution in [2.24, 2.45) is 0 Å². The van der Waals surface area contributed by atoms with Crippen LogP contribution in [0.4, 0.5) is 20.2 Å². The van der Waals surface area contributed by atoms with Crippen molar-refractivity contribution in [1.82, 2.24) is 14.7 Å². The molecule has 3 rings (SSSR count). The van der Waals surface area contributed by atoms with E-state index in [0.29, 0.717) is 18.8 Å². The molecule has 12 heteroatoms. The zero-order valence-corrected chi connectivity index (χ0v) is 20.8. The summed E-state index contributed by atoms with van der Waals surface area (Å²) in [5.41, 5.74) is 1.53. The number of sulfonamides is 1. The molecule has 1 saturated heterocycles. The molecule has 1 aliphatic rings. The van der Waals surface area contributed by atoms with Crippen molar-refractivity contribution in [3.63, 3.8) is 0 Å². The third-order valence-corrected chi connectivity index (χ3v) is 7.59. The van der Waals surface area contributed by atoms with Gasteiger partial charge in [-0.15, -0.1) is 6.58 Å². The molecule has 33 heavy (non-hydrogen) atoms. The second-order valence-corrected chi connectivity index (χ2v) is 10.4. The van der Waals surface area contributed by atoms with E-state index in [9.17, 15) is 13.2 Å². The van der Waals surface area contributed by atoms with Crippen LogP contribution in [-0.4, -0.2) is 63.4 Å². The molecule has 0 aliphatic carbocycles. The summed E-state index contributed by atoms with van der Waals surface area (Å²) in [6, 6.07) is 7.52. The Hall–Kier alpha value is -2.13. The topological polar surface area (TPSA) is 91.0 Å². The number of benzene rings is 2. The summed E-state index contributed by atoms with van der Waals surface area (Å²) >= 11 is 2.09. The lowest BCUT2D eigenvalue weighted by Gasteiger charge is -2.31. The van der Waals surface area contributed by atoms with Gasteiger partial charge in [0.05, 0.1) is 17.9 Å². The average molecular weight is 592 g/mol. The summed E-state index contributed by atoms with van der Waals surface area (Å²) in [4.78, 5) is 18.7. The highest BCUT2D eigenvalue weighted by atomic mass is 127. The van der Waals surface area contributed by atoms with Gasteiger partial charge in [0.1, 0.15) is 4.90 Å². The monoisotopic (exact) mass is 592 g/mol. The van der Waals surface area contributed by atoms with Crippen LogP contribution in [0.1, 0.15) is 10.4 Å². The molecule has 0 spiro atoms. The molecule has 0 atom stereocenters. The summed E-state index contributed by atoms with van der Waals surface area (Å²) in [7, 11) is -2.55. The van der Waals surface area contributed by atoms with Crippen LogP contribution in [0.2, 0.25) is 0 Å². The zero-order valence-electron chi connectivity index (χ0n) is 17.8. The molecule has 2 aromatic rings. The Balaban J connectivity index is 2.07. The highest BCUT2D eigenvalue weighted by Crippen LogP contribution is 2.32. The van der Waals surface area contributed by atoms with Crippen LogP contribution in [0.3, 0.4) is 0 Å². The molecule has 0 saturated carbocycles. The second-order valence-electron chi connectivity index (χ2n) is 7.30. The molecular formula is C21H23F2IN4O4S. The Morgan fingerprint density at radius 3 is 2.42 bits per heavy atom. The van der Waals surface area contributed by atoms with Gasteiger partial charge >= 0.3 is 0 Å². The predicted octanol–water partition coefficient (Wildman–Crippen LogP) is 3.10. The molecule has 2 N–H and O–H groups in total. The van der Waals surface area contributed by atoms with Gasteiger partial charge in [-0.05, 0) is 60.0 Å². The van der Waals surface area contributed by atoms with Gasteiger partial charge in [-0.3, -0.25) is 9.63 Å². The van der Waals surface area contributed by atoms with Gasteiger partial charge in [-0.1, -0.05) is 6.08 Å². The van der Waals surface area contributed by atoms with E-state index in [1.807, 2.05) is 11.9 Å². The van der Waals surface area contributed by atoms with Gasteiger partial charge in [0, 0.05) is 35.4 Å². The van der Waals surface area contributed by atoms with Crippen LogP contribution in [0.15, 0.2) is 47.9 Å². The maximum atomic E-state index is 15.2. The van der Waals surface area contributed by atoms with Crippen molar-refractivity contribution in [2.75, 3.05) is 45.2 Å². The first-order valence-electron chi connectivity index (χ1n) is 9.91. The maximum Gasteiger partial charge on any atom is 0.277 e. The van der Waals surface area contributed by atoms with E-state index in [1.54, 1.807) is 24.3 Å². The number of halogens is 3. The van der Waals surface area contributed by atoms with E-state index in [2.05, 4.69) is 40.0 Å². The Morgan fingerprint density at radius 2 is 1.82 bits per heavy atom. The lowest BCUT2D eigenvalue weighted by Crippen LogP contribution is -2.47. The number of nitrogens with one attached hydrogen (secondary N) is 2. The molecule has 0 aromatic heterocycles. The van der Waals surface area contributed by atoms with Crippen molar-refractivity contribution in [3.8, 4) is 0 Å². The lowest BCUT2D eigenvalue weighted by molar-refractivity contribution is 0.0422. The SMILES string of the molecule is C=CCONC(=O)c1cc(S(=O)(=O)N2CCN(C)CC2)c(F)c(F)c1Nc1ccc(I)cc1. The predicted molar refractivity (Wildman–Crippen MR) is 129 cm³/mol. The van der Waals surface area contributed by atoms with E-state index in [4.69, 9.17) is 4.84 Å². The number of anilines is 2. The molecule has 1 aliphatic heterocycles. The molecule has 1 amide bonds. The molecule has 8 nitrogen and oxygen atoms in total. The third kappa shape index (κ3) is 5.87. The number of nitrogens with zero attached hydrogens (tertiary/aromatic N) is 2. The highest BCUT2D eigenvalue weighted by molar-refractivity contribution is 14.1. The number of carbonyl (C=O) groups excluding carboxylic acids is 1. The number of rotatable bonds is 8. The minimum atomic E-state index is -4.39. The van der Waals surface area contributed by atoms with Gasteiger partial charge < -0.3 is 10.2 Å². The lowest BCUT2D eigenvalue weighted by atomic mass is 10.1. The first-order chi connectivity index (χ1) is 15.6. The van der Waals surface area contributed by atoms with Crippen LogP contribution in [0.25, 0.3) is 0 Å². The summed E-state index contributed by atoms with van der Waals surface area (Å²) < 4.78 is 58.5. The molecule has 1 fully saturated rings. The summed E-state index contributed by atoms with van der Waals surface area (Å²) in [6.45, 7) is 4.53. The standard InChI is InChI=1S/C21H23F2IN4O4S/c1-3-12-32-26-21(29)16-13-17(33(30,31)28-10-8-27(2)9-11-28)18(22)19(23)20(16)25-15-6-4-14(24)5-7-15/h3-7,13,25H,1,8-12H2,2H3,(H,26,29). The molecule has 0 bridgehead atoms. The Morgan fingerprint density at radius 1 is 1.18 bits per heavy atom. The molecule has 0 radical (unpaired) electrons. The molecule has 178 valence electrons. The van der Waals surface area contributed by atoms with Crippen molar-refractivity contribution >= 4 is 49.9 Å². The Kier molecular flexibility index (Phi) is 8.39. The Bertz CT molecular complexity index is 1140. The van der Waals surface area contributed by atoms with Crippen molar-refractivity contribution < 1.29 is 26.8 Å². The molecule has 0 unspecified atom stereocenters. The number of piperazine rings is 1. The van der Waals surface area contributed by atoms with Gasteiger partial charge in [-0.2, -0.15) is 4.31 Å². The summed E-state index contributed by atoms with van der Waals surface area (Å²) in [6.07, 6.45) is 1.37. The van der Waals surface area contributed by atoms with E-state index >= 15 is 8.78 Å². The number of amides is 1. The molecular weight excluding hydrogens is 569 g/mol. The van der Waals surface area contributed by atoms with Gasteiger partial charge in [0.2, 0.25) is 10.0 Å². The highest BCUT2D eigenvalue weighted by Gasteiger charge is 2.34. The molecule has 1 heterocycles. The number of hydrogen-bond donors (Lipinski definition) is 2. The fourth-order valence-corrected chi connectivity index (χ4v) is 5.02. The van der Waals surface area contributed by atoms with Crippen LogP contribution < -0.4 is 10.8 Å². The number of likely N-dealkylation sites (N-methyl/N-ethyl adjacent to an activating group) is 1. The van der Waals surface area contributed by atoms with Gasteiger partial charge in [0.15, 0.2) is 11.6 Å². The first kappa shape index (κ1) is 25.5. The van der Waals surface area contributed by atoms with E-state index in [-0.39, 0.29) is 19.7 Å². The smallest absolute Gasteiger partial charge is 0.277 e. The van der Waals surface area contributed by atoms with Crippen LogP contribution >= 0.6 is 22.6 Å². The summed E-state index contributed by atoms with van der Waals surface area (Å²) in [5.74, 6) is -4.00. The Labute approximate surface area is 204 Å². The van der Waals surface area contributed by atoms with Gasteiger partial charge in [0.25, 0.3) is 5.91 Å². The van der Waals surface area contributed by atoms with E-state index in [1.165, 1.54) is 6.08 Å². The second kappa shape index (κ2) is 10.9. The van der Waals surface area contributed by atoms with Crippen molar-refractivity contribution in [2.45, 2.75) is 4.90 Å². The van der Waals surface area contributed by atoms with Crippen LogP contribution in [0, 0.1) is 15.2 Å². The minimum absolute atomic E-state index is 0.0399. The van der Waals surface area contributed by atoms with Gasteiger partial charge in [-0.25, -0.2) is 22.7 Å². The van der Waals surface area contributed by atoms with Crippen LogP contribution in [0.5, 0.6) is 0 Å². The van der Waals surface area contributed by atoms with Crippen molar-refractivity contribution in [3.05, 3.63) is 63.8 Å². The average Bonchev–Trinajstić information content (AvgIpc) is 2.78. The van der Waals surface area contributed by atoms with E-state index in [0.717, 1.165) is 13.9 Å². The number of hydroxylamine groups is 1. The van der Waals surface area contributed by atoms with E-state index < -0.39 is 43.7 Å². The van der Waals surface area contributed by atoms with Crippen molar-refractivity contribution in [1.29, 1.82) is 0 Å².